The molecule has 0 saturated carbocycles. The van der Waals surface area contributed by atoms with Gasteiger partial charge in [0.05, 0.1) is 10.6 Å². The number of rotatable bonds is 6. The maximum atomic E-state index is 6.10. The number of hydrogen-bond acceptors (Lipinski definition) is 3. The van der Waals surface area contributed by atoms with E-state index in [1.807, 2.05) is 39.0 Å². The Morgan fingerprint density at radius 3 is 2.67 bits per heavy atom. The van der Waals surface area contributed by atoms with Crippen LogP contribution in [0.1, 0.15) is 26.3 Å². The van der Waals surface area contributed by atoms with Crippen LogP contribution >= 0.6 is 23.8 Å². The average molecular weight is 287 g/mol. The first kappa shape index (κ1) is 15.2. The van der Waals surface area contributed by atoms with Crippen molar-refractivity contribution in [3.63, 3.8) is 0 Å². The lowest BCUT2D eigenvalue weighted by Crippen LogP contribution is -2.33. The van der Waals surface area contributed by atoms with E-state index in [0.29, 0.717) is 28.7 Å². The predicted octanol–water partition coefficient (Wildman–Crippen LogP) is 3.20. The van der Waals surface area contributed by atoms with Gasteiger partial charge in [0.2, 0.25) is 0 Å². The van der Waals surface area contributed by atoms with Crippen molar-refractivity contribution < 1.29 is 4.74 Å². The first-order valence-electron chi connectivity index (χ1n) is 5.83. The van der Waals surface area contributed by atoms with Crippen molar-refractivity contribution in [3.8, 4) is 0 Å². The molecule has 0 bridgehead atoms. The summed E-state index contributed by atoms with van der Waals surface area (Å²) in [5.41, 5.74) is 6.95. The molecule has 0 aliphatic heterocycles. The second kappa shape index (κ2) is 6.36. The monoisotopic (exact) mass is 286 g/mol. The molecule has 1 aromatic carbocycles. The molecule has 0 fully saturated rings. The first-order valence-corrected chi connectivity index (χ1v) is 6.61. The third kappa shape index (κ3) is 4.44. The summed E-state index contributed by atoms with van der Waals surface area (Å²) < 4.78 is 5.61. The number of benzene rings is 1. The fourth-order valence-corrected chi connectivity index (χ4v) is 2.10. The summed E-state index contributed by atoms with van der Waals surface area (Å²) in [6.45, 7) is 7.44. The SMILES string of the molecule is CCOC(C)(C)CNc1ccc(C(N)=S)c(Cl)c1. The number of anilines is 1. The van der Waals surface area contributed by atoms with E-state index in [-0.39, 0.29) is 5.60 Å². The van der Waals surface area contributed by atoms with Crippen molar-refractivity contribution in [3.05, 3.63) is 28.8 Å². The molecule has 0 amide bonds. The lowest BCUT2D eigenvalue weighted by Gasteiger charge is -2.25. The van der Waals surface area contributed by atoms with Crippen LogP contribution < -0.4 is 11.1 Å². The van der Waals surface area contributed by atoms with Crippen molar-refractivity contribution in [1.29, 1.82) is 0 Å². The van der Waals surface area contributed by atoms with Gasteiger partial charge in [0.15, 0.2) is 0 Å². The van der Waals surface area contributed by atoms with E-state index >= 15 is 0 Å². The Morgan fingerprint density at radius 1 is 1.50 bits per heavy atom. The lowest BCUT2D eigenvalue weighted by molar-refractivity contribution is 0.000699. The molecular formula is C13H19ClN2OS. The molecule has 3 nitrogen and oxygen atoms in total. The van der Waals surface area contributed by atoms with Gasteiger partial charge in [0.1, 0.15) is 4.99 Å². The van der Waals surface area contributed by atoms with Gasteiger partial charge in [0, 0.05) is 24.4 Å². The molecule has 1 aromatic rings. The highest BCUT2D eigenvalue weighted by molar-refractivity contribution is 7.80. The molecule has 0 radical (unpaired) electrons. The van der Waals surface area contributed by atoms with Crippen molar-refractivity contribution in [2.75, 3.05) is 18.5 Å². The van der Waals surface area contributed by atoms with E-state index in [2.05, 4.69) is 5.32 Å². The third-order valence-corrected chi connectivity index (χ3v) is 3.02. The minimum atomic E-state index is -0.219. The Bertz CT molecular complexity index is 435. The third-order valence-electron chi connectivity index (χ3n) is 2.49. The Labute approximate surface area is 119 Å². The highest BCUT2D eigenvalue weighted by atomic mass is 35.5. The van der Waals surface area contributed by atoms with E-state index < -0.39 is 0 Å². The van der Waals surface area contributed by atoms with Gasteiger partial charge in [-0.3, -0.25) is 0 Å². The molecule has 0 saturated heterocycles. The molecule has 100 valence electrons. The molecule has 18 heavy (non-hydrogen) atoms. The van der Waals surface area contributed by atoms with Gasteiger partial charge in [-0.1, -0.05) is 23.8 Å². The van der Waals surface area contributed by atoms with Crippen LogP contribution in [0.3, 0.4) is 0 Å². The van der Waals surface area contributed by atoms with Gasteiger partial charge in [-0.2, -0.15) is 0 Å². The minimum Gasteiger partial charge on any atom is -0.389 e. The standard InChI is InChI=1S/C13H19ClN2OS/c1-4-17-13(2,3)8-16-9-5-6-10(12(15)18)11(14)7-9/h5-7,16H,4,8H2,1-3H3,(H2,15,18). The van der Waals surface area contributed by atoms with Crippen LogP contribution in [0.15, 0.2) is 18.2 Å². The topological polar surface area (TPSA) is 47.3 Å². The quantitative estimate of drug-likeness (QED) is 0.789. The maximum Gasteiger partial charge on any atom is 0.105 e. The smallest absolute Gasteiger partial charge is 0.105 e. The fourth-order valence-electron chi connectivity index (χ4n) is 1.58. The van der Waals surface area contributed by atoms with Crippen LogP contribution in [0.5, 0.6) is 0 Å². The van der Waals surface area contributed by atoms with Crippen LogP contribution in [0.4, 0.5) is 5.69 Å². The van der Waals surface area contributed by atoms with Gasteiger partial charge in [-0.05, 0) is 39.0 Å². The number of ether oxygens (including phenoxy) is 1. The summed E-state index contributed by atoms with van der Waals surface area (Å²) in [5.74, 6) is 0. The Kier molecular flexibility index (Phi) is 5.38. The molecule has 5 heteroatoms. The number of hydrogen-bond donors (Lipinski definition) is 2. The zero-order valence-corrected chi connectivity index (χ0v) is 12.5. The van der Waals surface area contributed by atoms with Crippen molar-refractivity contribution in [2.45, 2.75) is 26.4 Å². The summed E-state index contributed by atoms with van der Waals surface area (Å²) in [4.78, 5) is 0.307. The second-order valence-electron chi connectivity index (χ2n) is 4.61. The van der Waals surface area contributed by atoms with Gasteiger partial charge >= 0.3 is 0 Å². The first-order chi connectivity index (χ1) is 8.35. The van der Waals surface area contributed by atoms with E-state index in [9.17, 15) is 0 Å². The number of halogens is 1. The van der Waals surface area contributed by atoms with Crippen LogP contribution in [-0.2, 0) is 4.74 Å². The van der Waals surface area contributed by atoms with Crippen molar-refractivity contribution in [2.24, 2.45) is 5.73 Å². The molecule has 0 atom stereocenters. The Hall–Kier alpha value is -0.840. The van der Waals surface area contributed by atoms with E-state index in [4.69, 9.17) is 34.3 Å². The number of nitrogens with one attached hydrogen (secondary N) is 1. The average Bonchev–Trinajstić information content (AvgIpc) is 2.26. The van der Waals surface area contributed by atoms with Gasteiger partial charge in [0.25, 0.3) is 0 Å². The van der Waals surface area contributed by atoms with Crippen LogP contribution in [0.2, 0.25) is 5.02 Å². The summed E-state index contributed by atoms with van der Waals surface area (Å²) in [6.07, 6.45) is 0. The van der Waals surface area contributed by atoms with E-state index in [1.165, 1.54) is 0 Å². The summed E-state index contributed by atoms with van der Waals surface area (Å²) in [5, 5.41) is 3.84. The van der Waals surface area contributed by atoms with Crippen molar-refractivity contribution in [1.82, 2.24) is 0 Å². The summed E-state index contributed by atoms with van der Waals surface area (Å²) in [7, 11) is 0. The molecule has 0 aromatic heterocycles. The molecule has 0 spiro atoms. The van der Waals surface area contributed by atoms with E-state index in [1.54, 1.807) is 0 Å². The fraction of sp³-hybridized carbons (Fsp3) is 0.462. The van der Waals surface area contributed by atoms with Crippen LogP contribution in [0.25, 0.3) is 0 Å². The van der Waals surface area contributed by atoms with E-state index in [0.717, 1.165) is 5.69 Å². The molecule has 0 aliphatic carbocycles. The maximum absolute atomic E-state index is 6.10. The highest BCUT2D eigenvalue weighted by Gasteiger charge is 2.17. The zero-order chi connectivity index (χ0) is 13.8. The zero-order valence-electron chi connectivity index (χ0n) is 10.9. The Balaban J connectivity index is 2.70. The van der Waals surface area contributed by atoms with Crippen molar-refractivity contribution >= 4 is 34.5 Å². The summed E-state index contributed by atoms with van der Waals surface area (Å²) in [6, 6.07) is 5.54. The summed E-state index contributed by atoms with van der Waals surface area (Å²) >= 11 is 11.0. The minimum absolute atomic E-state index is 0.219. The molecule has 3 N–H and O–H groups in total. The van der Waals surface area contributed by atoms with Crippen LogP contribution in [0, 0.1) is 0 Å². The van der Waals surface area contributed by atoms with Crippen LogP contribution in [-0.4, -0.2) is 23.7 Å². The number of nitrogens with two attached hydrogens (primary N) is 1. The largest absolute Gasteiger partial charge is 0.389 e. The number of thiocarbonyl (C=S) groups is 1. The van der Waals surface area contributed by atoms with Gasteiger partial charge in [-0.15, -0.1) is 0 Å². The molecule has 0 aliphatic rings. The van der Waals surface area contributed by atoms with Gasteiger partial charge < -0.3 is 15.8 Å². The predicted molar refractivity (Wildman–Crippen MR) is 81.5 cm³/mol. The highest BCUT2D eigenvalue weighted by Crippen LogP contribution is 2.21. The molecule has 0 heterocycles. The Morgan fingerprint density at radius 2 is 2.17 bits per heavy atom. The van der Waals surface area contributed by atoms with Gasteiger partial charge in [-0.25, -0.2) is 0 Å². The molecule has 0 unspecified atom stereocenters. The molecular weight excluding hydrogens is 268 g/mol. The normalized spacial score (nSPS) is 11.3. The lowest BCUT2D eigenvalue weighted by atomic mass is 10.1. The second-order valence-corrected chi connectivity index (χ2v) is 5.45. The molecule has 1 rings (SSSR count).